The molecule has 0 aliphatic heterocycles. The lowest BCUT2D eigenvalue weighted by Gasteiger charge is -2.18. The number of thioether (sulfide) groups is 1. The van der Waals surface area contributed by atoms with E-state index >= 15 is 0 Å². The number of rotatable bonds is 6. The van der Waals surface area contributed by atoms with Crippen LogP contribution >= 0.6 is 11.8 Å². The second kappa shape index (κ2) is 9.14. The number of nitrogens with one attached hydrogen (secondary N) is 1. The first-order valence-corrected chi connectivity index (χ1v) is 10.8. The molecule has 0 spiro atoms. The SMILES string of the molecule is Cc1cccc(-n2nnnc2SC(C(=O)Nc2cc(C)ccc2C)c2ccccc2)c1. The molecule has 0 fully saturated rings. The Morgan fingerprint density at radius 2 is 1.71 bits per heavy atom. The summed E-state index contributed by atoms with van der Waals surface area (Å²) in [6, 6.07) is 23.6. The van der Waals surface area contributed by atoms with Crippen molar-refractivity contribution in [1.29, 1.82) is 0 Å². The minimum absolute atomic E-state index is 0.122. The lowest BCUT2D eigenvalue weighted by atomic mass is 10.1. The van der Waals surface area contributed by atoms with Crippen LogP contribution in [0.4, 0.5) is 5.69 Å². The van der Waals surface area contributed by atoms with Gasteiger partial charge in [-0.25, -0.2) is 0 Å². The van der Waals surface area contributed by atoms with Crippen LogP contribution in [0.25, 0.3) is 5.69 Å². The van der Waals surface area contributed by atoms with Gasteiger partial charge in [0.25, 0.3) is 0 Å². The first kappa shape index (κ1) is 20.8. The fourth-order valence-corrected chi connectivity index (χ4v) is 4.24. The number of tetrazole rings is 1. The highest BCUT2D eigenvalue weighted by atomic mass is 32.2. The largest absolute Gasteiger partial charge is 0.325 e. The van der Waals surface area contributed by atoms with Gasteiger partial charge < -0.3 is 5.32 Å². The minimum atomic E-state index is -0.518. The van der Waals surface area contributed by atoms with Crippen molar-refractivity contribution in [2.75, 3.05) is 5.32 Å². The molecule has 1 heterocycles. The number of amides is 1. The van der Waals surface area contributed by atoms with E-state index in [1.165, 1.54) is 11.8 Å². The summed E-state index contributed by atoms with van der Waals surface area (Å²) in [6.07, 6.45) is 0. The van der Waals surface area contributed by atoms with Crippen LogP contribution in [0.3, 0.4) is 0 Å². The molecule has 0 saturated heterocycles. The predicted octanol–water partition coefficient (Wildman–Crippen LogP) is 5.06. The third-order valence-corrected chi connectivity index (χ3v) is 6.09. The van der Waals surface area contributed by atoms with Gasteiger partial charge in [0.15, 0.2) is 0 Å². The molecule has 0 radical (unpaired) electrons. The molecule has 156 valence electrons. The second-order valence-electron chi connectivity index (χ2n) is 7.43. The van der Waals surface area contributed by atoms with Gasteiger partial charge in [-0.1, -0.05) is 66.4 Å². The van der Waals surface area contributed by atoms with Crippen LogP contribution in [0.1, 0.15) is 27.5 Å². The Kier molecular flexibility index (Phi) is 6.13. The highest BCUT2D eigenvalue weighted by Gasteiger charge is 2.26. The molecule has 4 aromatic rings. The molecule has 3 aromatic carbocycles. The summed E-state index contributed by atoms with van der Waals surface area (Å²) in [5.74, 6) is -0.122. The maximum Gasteiger partial charge on any atom is 0.242 e. The number of benzene rings is 3. The van der Waals surface area contributed by atoms with Gasteiger partial charge in [0.05, 0.1) is 5.69 Å². The van der Waals surface area contributed by atoms with E-state index in [0.29, 0.717) is 5.16 Å². The molecule has 0 saturated carbocycles. The van der Waals surface area contributed by atoms with Crippen molar-refractivity contribution in [1.82, 2.24) is 20.2 Å². The molecule has 1 unspecified atom stereocenters. The lowest BCUT2D eigenvalue weighted by Crippen LogP contribution is -2.20. The van der Waals surface area contributed by atoms with Crippen molar-refractivity contribution in [3.05, 3.63) is 95.1 Å². The Hall–Kier alpha value is -3.45. The third-order valence-electron chi connectivity index (χ3n) is 4.90. The van der Waals surface area contributed by atoms with Gasteiger partial charge in [0, 0.05) is 5.69 Å². The van der Waals surface area contributed by atoms with Crippen molar-refractivity contribution in [2.45, 2.75) is 31.2 Å². The highest BCUT2D eigenvalue weighted by molar-refractivity contribution is 8.00. The topological polar surface area (TPSA) is 72.7 Å². The van der Waals surface area contributed by atoms with Gasteiger partial charge >= 0.3 is 0 Å². The molecule has 31 heavy (non-hydrogen) atoms. The van der Waals surface area contributed by atoms with Crippen LogP contribution in [0.15, 0.2) is 78.0 Å². The van der Waals surface area contributed by atoms with Gasteiger partial charge in [-0.2, -0.15) is 4.68 Å². The van der Waals surface area contributed by atoms with Crippen LogP contribution in [-0.4, -0.2) is 26.1 Å². The van der Waals surface area contributed by atoms with E-state index in [2.05, 4.69) is 20.8 Å². The minimum Gasteiger partial charge on any atom is -0.325 e. The Labute approximate surface area is 185 Å². The summed E-state index contributed by atoms with van der Waals surface area (Å²) < 4.78 is 1.67. The molecule has 7 heteroatoms. The monoisotopic (exact) mass is 429 g/mol. The Balaban J connectivity index is 1.67. The van der Waals surface area contributed by atoms with E-state index in [0.717, 1.165) is 33.6 Å². The zero-order chi connectivity index (χ0) is 21.8. The van der Waals surface area contributed by atoms with Crippen LogP contribution in [0, 0.1) is 20.8 Å². The van der Waals surface area contributed by atoms with Crippen molar-refractivity contribution in [2.24, 2.45) is 0 Å². The maximum absolute atomic E-state index is 13.4. The molecule has 0 aliphatic carbocycles. The highest BCUT2D eigenvalue weighted by Crippen LogP contribution is 2.36. The molecule has 1 amide bonds. The van der Waals surface area contributed by atoms with Gasteiger partial charge in [0.2, 0.25) is 11.1 Å². The van der Waals surface area contributed by atoms with E-state index in [4.69, 9.17) is 0 Å². The molecule has 4 rings (SSSR count). The molecule has 0 bridgehead atoms. The van der Waals surface area contributed by atoms with E-state index in [1.54, 1.807) is 4.68 Å². The summed E-state index contributed by atoms with van der Waals surface area (Å²) in [7, 11) is 0. The summed E-state index contributed by atoms with van der Waals surface area (Å²) in [5, 5.41) is 15.3. The Bertz CT molecular complexity index is 1210. The van der Waals surface area contributed by atoms with E-state index in [-0.39, 0.29) is 5.91 Å². The molecular weight excluding hydrogens is 406 g/mol. The summed E-state index contributed by atoms with van der Waals surface area (Å²) >= 11 is 1.33. The number of carbonyl (C=O) groups is 1. The van der Waals surface area contributed by atoms with Gasteiger partial charge in [-0.05, 0) is 71.7 Å². The number of hydrogen-bond acceptors (Lipinski definition) is 5. The maximum atomic E-state index is 13.4. The fraction of sp³-hybridized carbons (Fsp3) is 0.167. The van der Waals surface area contributed by atoms with Crippen molar-refractivity contribution in [3.63, 3.8) is 0 Å². The van der Waals surface area contributed by atoms with Gasteiger partial charge in [0.1, 0.15) is 5.25 Å². The van der Waals surface area contributed by atoms with E-state index in [9.17, 15) is 4.79 Å². The van der Waals surface area contributed by atoms with E-state index in [1.807, 2.05) is 93.6 Å². The zero-order valence-electron chi connectivity index (χ0n) is 17.6. The summed E-state index contributed by atoms with van der Waals surface area (Å²) in [4.78, 5) is 13.4. The molecular formula is C24H23N5OS. The first-order valence-electron chi connectivity index (χ1n) is 9.96. The Morgan fingerprint density at radius 1 is 0.935 bits per heavy atom. The van der Waals surface area contributed by atoms with Crippen molar-refractivity contribution in [3.8, 4) is 5.69 Å². The van der Waals surface area contributed by atoms with Crippen molar-refractivity contribution < 1.29 is 4.79 Å². The molecule has 6 nitrogen and oxygen atoms in total. The zero-order valence-corrected chi connectivity index (χ0v) is 18.4. The normalized spacial score (nSPS) is 11.8. The number of aromatic nitrogens is 4. The van der Waals surface area contributed by atoms with Gasteiger partial charge in [-0.3, -0.25) is 4.79 Å². The smallest absolute Gasteiger partial charge is 0.242 e. The summed E-state index contributed by atoms with van der Waals surface area (Å²) in [5.41, 5.74) is 5.76. The standard InChI is InChI=1S/C24H23N5OS/c1-16-8-7-11-20(14-16)29-24(26-27-28-29)31-22(19-9-5-4-6-10-19)23(30)25-21-15-17(2)12-13-18(21)3/h4-15,22H,1-3H3,(H,25,30). The number of hydrogen-bond donors (Lipinski definition) is 1. The van der Waals surface area contributed by atoms with Crippen molar-refractivity contribution >= 4 is 23.4 Å². The fourth-order valence-electron chi connectivity index (χ4n) is 3.25. The van der Waals surface area contributed by atoms with Gasteiger partial charge in [-0.15, -0.1) is 5.10 Å². The Morgan fingerprint density at radius 3 is 2.48 bits per heavy atom. The molecule has 1 aromatic heterocycles. The van der Waals surface area contributed by atoms with Crippen LogP contribution in [0.5, 0.6) is 0 Å². The van der Waals surface area contributed by atoms with Crippen LogP contribution in [0.2, 0.25) is 0 Å². The molecule has 0 aliphatic rings. The second-order valence-corrected chi connectivity index (χ2v) is 8.50. The van der Waals surface area contributed by atoms with Crippen LogP contribution < -0.4 is 5.32 Å². The quantitative estimate of drug-likeness (QED) is 0.434. The summed E-state index contributed by atoms with van der Waals surface area (Å²) in [6.45, 7) is 6.01. The molecule has 1 atom stereocenters. The predicted molar refractivity (Wildman–Crippen MR) is 123 cm³/mol. The number of aryl methyl sites for hydroxylation is 3. The van der Waals surface area contributed by atoms with Crippen LogP contribution in [-0.2, 0) is 4.79 Å². The average Bonchev–Trinajstić information content (AvgIpc) is 3.23. The molecule has 1 N–H and O–H groups in total. The third kappa shape index (κ3) is 4.83. The lowest BCUT2D eigenvalue weighted by molar-refractivity contribution is -0.115. The average molecular weight is 430 g/mol. The first-order chi connectivity index (χ1) is 15.0. The number of anilines is 1. The van der Waals surface area contributed by atoms with E-state index < -0.39 is 5.25 Å². The number of carbonyl (C=O) groups excluding carboxylic acids is 1. The number of nitrogens with zero attached hydrogens (tertiary/aromatic N) is 4.